The lowest BCUT2D eigenvalue weighted by atomic mass is 9.87. The van der Waals surface area contributed by atoms with E-state index in [4.69, 9.17) is 5.14 Å². The van der Waals surface area contributed by atoms with Gasteiger partial charge in [-0.05, 0) is 47.2 Å². The lowest BCUT2D eigenvalue weighted by Gasteiger charge is -2.19. The van der Waals surface area contributed by atoms with Gasteiger partial charge in [0.2, 0.25) is 26.0 Å². The van der Waals surface area contributed by atoms with Crippen molar-refractivity contribution in [2.24, 2.45) is 5.14 Å². The first-order valence-corrected chi connectivity index (χ1v) is 12.8. The van der Waals surface area contributed by atoms with Gasteiger partial charge in [-0.25, -0.2) is 26.7 Å². The molecular formula is C21H29N3O5S2. The van der Waals surface area contributed by atoms with Gasteiger partial charge in [0.1, 0.15) is 0 Å². The molecule has 1 amide bonds. The zero-order chi connectivity index (χ0) is 23.3. The van der Waals surface area contributed by atoms with Gasteiger partial charge in [-0.3, -0.25) is 4.79 Å². The van der Waals surface area contributed by atoms with Crippen LogP contribution in [0.3, 0.4) is 0 Å². The first-order valence-electron chi connectivity index (χ1n) is 9.78. The molecule has 0 aliphatic carbocycles. The maximum Gasteiger partial charge on any atom is 0.240 e. The summed E-state index contributed by atoms with van der Waals surface area (Å²) in [4.78, 5) is 12.1. The van der Waals surface area contributed by atoms with Crippen molar-refractivity contribution in [1.82, 2.24) is 10.0 Å². The van der Waals surface area contributed by atoms with Gasteiger partial charge in [-0.2, -0.15) is 0 Å². The Kier molecular flexibility index (Phi) is 7.98. The highest BCUT2D eigenvalue weighted by molar-refractivity contribution is 7.89. The number of benzene rings is 2. The SMILES string of the molecule is CC(C)(C)c1ccc(S(=O)(=O)NCCC(=O)NCCc2ccc(S(N)(=O)=O)cc2)cc1. The van der Waals surface area contributed by atoms with Crippen LogP contribution in [0.5, 0.6) is 0 Å². The first-order chi connectivity index (χ1) is 14.3. The third-order valence-corrected chi connectivity index (χ3v) is 7.07. The van der Waals surface area contributed by atoms with Crippen LogP contribution in [0, 0.1) is 0 Å². The molecule has 170 valence electrons. The summed E-state index contributed by atoms with van der Waals surface area (Å²) in [7, 11) is -7.42. The zero-order valence-electron chi connectivity index (χ0n) is 17.9. The minimum Gasteiger partial charge on any atom is -0.356 e. The van der Waals surface area contributed by atoms with Crippen LogP contribution in [0.2, 0.25) is 0 Å². The van der Waals surface area contributed by atoms with E-state index < -0.39 is 20.0 Å². The quantitative estimate of drug-likeness (QED) is 0.515. The number of primary sulfonamides is 1. The summed E-state index contributed by atoms with van der Waals surface area (Å²) < 4.78 is 49.7. The Labute approximate surface area is 184 Å². The van der Waals surface area contributed by atoms with Gasteiger partial charge >= 0.3 is 0 Å². The fraction of sp³-hybridized carbons (Fsp3) is 0.381. The number of sulfonamides is 2. The molecule has 0 saturated heterocycles. The van der Waals surface area contributed by atoms with Gasteiger partial charge in [0.15, 0.2) is 0 Å². The minimum atomic E-state index is -3.73. The fourth-order valence-electron chi connectivity index (χ4n) is 2.80. The maximum atomic E-state index is 12.4. The second-order valence-corrected chi connectivity index (χ2v) is 11.5. The van der Waals surface area contributed by atoms with Gasteiger partial charge in [0.25, 0.3) is 0 Å². The van der Waals surface area contributed by atoms with Crippen LogP contribution in [-0.4, -0.2) is 35.8 Å². The summed E-state index contributed by atoms with van der Waals surface area (Å²) in [6.07, 6.45) is 0.506. The van der Waals surface area contributed by atoms with Gasteiger partial charge in [-0.15, -0.1) is 0 Å². The van der Waals surface area contributed by atoms with Crippen molar-refractivity contribution in [2.75, 3.05) is 13.1 Å². The Hall–Kier alpha value is -2.27. The van der Waals surface area contributed by atoms with Crippen molar-refractivity contribution in [3.05, 3.63) is 59.7 Å². The molecule has 10 heteroatoms. The third-order valence-electron chi connectivity index (χ3n) is 4.66. The summed E-state index contributed by atoms with van der Waals surface area (Å²) in [5.41, 5.74) is 1.80. The first kappa shape index (κ1) is 25.0. The number of hydrogen-bond acceptors (Lipinski definition) is 5. The molecule has 0 bridgehead atoms. The van der Waals surface area contributed by atoms with Crippen molar-refractivity contribution in [2.45, 2.75) is 48.8 Å². The van der Waals surface area contributed by atoms with Crippen molar-refractivity contribution >= 4 is 26.0 Å². The van der Waals surface area contributed by atoms with Crippen LogP contribution in [0.15, 0.2) is 58.3 Å². The number of carbonyl (C=O) groups excluding carboxylic acids is 1. The standard InChI is InChI=1S/C21H29N3O5S2/c1-21(2,3)17-6-10-19(11-7-17)31(28,29)24-15-13-20(25)23-14-12-16-4-8-18(9-5-16)30(22,26)27/h4-11,24H,12-15H2,1-3H3,(H,23,25)(H2,22,26,27). The molecule has 2 aromatic carbocycles. The van der Waals surface area contributed by atoms with E-state index in [1.165, 1.54) is 12.1 Å². The highest BCUT2D eigenvalue weighted by atomic mass is 32.2. The van der Waals surface area contributed by atoms with E-state index in [2.05, 4.69) is 10.0 Å². The molecule has 0 saturated carbocycles. The molecule has 0 atom stereocenters. The molecule has 0 fully saturated rings. The number of nitrogens with one attached hydrogen (secondary N) is 2. The molecule has 0 aromatic heterocycles. The van der Waals surface area contributed by atoms with Gasteiger partial charge in [-0.1, -0.05) is 45.0 Å². The average Bonchev–Trinajstić information content (AvgIpc) is 2.67. The number of hydrogen-bond donors (Lipinski definition) is 3. The Morgan fingerprint density at radius 1 is 0.871 bits per heavy atom. The summed E-state index contributed by atoms with van der Waals surface area (Å²) in [5.74, 6) is -0.285. The molecule has 0 aliphatic rings. The summed E-state index contributed by atoms with van der Waals surface area (Å²) in [6, 6.07) is 12.8. The predicted octanol–water partition coefficient (Wildman–Crippen LogP) is 1.66. The Morgan fingerprint density at radius 3 is 1.94 bits per heavy atom. The number of amides is 1. The van der Waals surface area contributed by atoms with Crippen molar-refractivity contribution in [3.8, 4) is 0 Å². The Bertz CT molecular complexity index is 1100. The van der Waals surface area contributed by atoms with E-state index in [0.717, 1.165) is 11.1 Å². The number of carbonyl (C=O) groups is 1. The van der Waals surface area contributed by atoms with Crippen molar-refractivity contribution in [3.63, 3.8) is 0 Å². The zero-order valence-corrected chi connectivity index (χ0v) is 19.5. The lowest BCUT2D eigenvalue weighted by Crippen LogP contribution is -2.31. The Balaban J connectivity index is 1.77. The molecule has 4 N–H and O–H groups in total. The second-order valence-electron chi connectivity index (χ2n) is 8.21. The summed E-state index contributed by atoms with van der Waals surface area (Å²) >= 11 is 0. The lowest BCUT2D eigenvalue weighted by molar-refractivity contribution is -0.120. The molecule has 2 rings (SSSR count). The third kappa shape index (κ3) is 7.73. The van der Waals surface area contributed by atoms with E-state index in [1.54, 1.807) is 36.4 Å². The van der Waals surface area contributed by atoms with Crippen LogP contribution < -0.4 is 15.2 Å². The van der Waals surface area contributed by atoms with E-state index in [1.807, 2.05) is 20.8 Å². The van der Waals surface area contributed by atoms with Gasteiger partial charge in [0, 0.05) is 19.5 Å². The molecule has 0 aliphatic heterocycles. The second kappa shape index (κ2) is 9.90. The van der Waals surface area contributed by atoms with E-state index in [-0.39, 0.29) is 34.1 Å². The molecule has 0 spiro atoms. The molecule has 2 aromatic rings. The van der Waals surface area contributed by atoms with Crippen molar-refractivity contribution in [1.29, 1.82) is 0 Å². The van der Waals surface area contributed by atoms with Crippen LogP contribution in [0.25, 0.3) is 0 Å². The van der Waals surface area contributed by atoms with Crippen molar-refractivity contribution < 1.29 is 21.6 Å². The van der Waals surface area contributed by atoms with Crippen LogP contribution >= 0.6 is 0 Å². The molecule has 8 nitrogen and oxygen atoms in total. The minimum absolute atomic E-state index is 0.00363. The molecular weight excluding hydrogens is 438 g/mol. The molecule has 0 unspecified atom stereocenters. The summed E-state index contributed by atoms with van der Waals surface area (Å²) in [6.45, 7) is 6.47. The molecule has 0 heterocycles. The van der Waals surface area contributed by atoms with E-state index in [0.29, 0.717) is 13.0 Å². The summed E-state index contributed by atoms with van der Waals surface area (Å²) in [5, 5.41) is 7.76. The highest BCUT2D eigenvalue weighted by Crippen LogP contribution is 2.23. The van der Waals surface area contributed by atoms with Crippen LogP contribution in [-0.2, 0) is 36.7 Å². The smallest absolute Gasteiger partial charge is 0.240 e. The van der Waals surface area contributed by atoms with Crippen LogP contribution in [0.1, 0.15) is 38.3 Å². The normalized spacial score (nSPS) is 12.5. The maximum absolute atomic E-state index is 12.4. The highest BCUT2D eigenvalue weighted by Gasteiger charge is 2.17. The average molecular weight is 468 g/mol. The molecule has 0 radical (unpaired) electrons. The largest absolute Gasteiger partial charge is 0.356 e. The molecule has 31 heavy (non-hydrogen) atoms. The van der Waals surface area contributed by atoms with Gasteiger partial charge < -0.3 is 5.32 Å². The van der Waals surface area contributed by atoms with E-state index in [9.17, 15) is 21.6 Å². The number of rotatable bonds is 9. The number of nitrogens with two attached hydrogens (primary N) is 1. The predicted molar refractivity (Wildman–Crippen MR) is 119 cm³/mol. The fourth-order valence-corrected chi connectivity index (χ4v) is 4.34. The monoisotopic (exact) mass is 467 g/mol. The Morgan fingerprint density at radius 2 is 1.42 bits per heavy atom. The topological polar surface area (TPSA) is 135 Å². The van der Waals surface area contributed by atoms with E-state index >= 15 is 0 Å². The van der Waals surface area contributed by atoms with Crippen LogP contribution in [0.4, 0.5) is 0 Å². The van der Waals surface area contributed by atoms with Gasteiger partial charge in [0.05, 0.1) is 9.79 Å².